The van der Waals surface area contributed by atoms with Gasteiger partial charge in [0.1, 0.15) is 5.69 Å². The van der Waals surface area contributed by atoms with Crippen LogP contribution in [0.5, 0.6) is 0 Å². The lowest BCUT2D eigenvalue weighted by Crippen LogP contribution is -2.28. The maximum Gasteiger partial charge on any atom is 0.356 e. The molecule has 1 amide bonds. The normalized spacial score (nSPS) is 10.9. The van der Waals surface area contributed by atoms with Crippen LogP contribution in [-0.4, -0.2) is 28.0 Å². The van der Waals surface area contributed by atoms with Crippen LogP contribution in [0.1, 0.15) is 10.5 Å². The monoisotopic (exact) mass is 535 g/mol. The van der Waals surface area contributed by atoms with Crippen molar-refractivity contribution in [1.82, 2.24) is 9.55 Å². The topological polar surface area (TPSA) is 90.3 Å². The number of pyridine rings is 1. The number of carbonyl (C=O) groups is 2. The highest BCUT2D eigenvalue weighted by Gasteiger charge is 2.23. The van der Waals surface area contributed by atoms with Crippen LogP contribution >= 0.6 is 34.3 Å². The van der Waals surface area contributed by atoms with Crippen molar-refractivity contribution in [1.29, 1.82) is 0 Å². The molecule has 1 N–H and O–H groups in total. The second-order valence-corrected chi connectivity index (χ2v) is 10.0. The molecule has 36 heavy (non-hydrogen) atoms. The van der Waals surface area contributed by atoms with Gasteiger partial charge in [0.15, 0.2) is 11.7 Å². The number of aromatic nitrogens is 2. The number of amides is 1. The summed E-state index contributed by atoms with van der Waals surface area (Å²) in [6.07, 6.45) is 0. The van der Waals surface area contributed by atoms with Gasteiger partial charge in [0.25, 0.3) is 11.5 Å². The first-order valence-corrected chi connectivity index (χ1v) is 12.9. The number of halogens is 1. The third-order valence-corrected chi connectivity index (χ3v) is 7.39. The second-order valence-electron chi connectivity index (χ2n) is 7.78. The Morgan fingerprint density at radius 1 is 1.03 bits per heavy atom. The Bertz CT molecular complexity index is 1640. The number of hydrogen-bond donors (Lipinski definition) is 1. The number of rotatable bonds is 6. The SMILES string of the molecule is Cn1c(C(=O)OCC(=O)Nc2nc(-c3cccs3)cs2)c(-c2ccc(Cl)cc2)c2ccccc2c1=O. The molecule has 0 saturated heterocycles. The van der Waals surface area contributed by atoms with Crippen molar-refractivity contribution in [3.05, 3.63) is 92.5 Å². The molecule has 3 heterocycles. The Morgan fingerprint density at radius 3 is 2.50 bits per heavy atom. The molecule has 180 valence electrons. The molecule has 0 aliphatic heterocycles. The molecule has 0 aliphatic rings. The smallest absolute Gasteiger partial charge is 0.356 e. The van der Waals surface area contributed by atoms with Crippen molar-refractivity contribution in [2.24, 2.45) is 7.05 Å². The largest absolute Gasteiger partial charge is 0.451 e. The Balaban J connectivity index is 1.42. The number of thiophene rings is 1. The molecule has 0 unspecified atom stereocenters. The van der Waals surface area contributed by atoms with Gasteiger partial charge in [0, 0.05) is 28.4 Å². The molecule has 2 aromatic carbocycles. The summed E-state index contributed by atoms with van der Waals surface area (Å²) < 4.78 is 6.60. The number of thiazole rings is 1. The average molecular weight is 536 g/mol. The van der Waals surface area contributed by atoms with Crippen molar-refractivity contribution in [2.45, 2.75) is 0 Å². The molecule has 5 rings (SSSR count). The number of anilines is 1. The fourth-order valence-corrected chi connectivity index (χ4v) is 5.45. The summed E-state index contributed by atoms with van der Waals surface area (Å²) in [6.45, 7) is -0.534. The van der Waals surface area contributed by atoms with E-state index < -0.39 is 18.5 Å². The van der Waals surface area contributed by atoms with E-state index in [0.29, 0.717) is 32.1 Å². The summed E-state index contributed by atoms with van der Waals surface area (Å²) in [7, 11) is 1.51. The molecular weight excluding hydrogens is 518 g/mol. The van der Waals surface area contributed by atoms with E-state index in [2.05, 4.69) is 10.3 Å². The molecule has 3 aromatic heterocycles. The lowest BCUT2D eigenvalue weighted by atomic mass is 9.97. The summed E-state index contributed by atoms with van der Waals surface area (Å²) in [5.74, 6) is -1.33. The van der Waals surface area contributed by atoms with Crippen molar-refractivity contribution in [3.63, 3.8) is 0 Å². The predicted octanol–water partition coefficient (Wildman–Crippen LogP) is 5.84. The fraction of sp³-hybridized carbons (Fsp3) is 0.0769. The molecule has 5 aromatic rings. The zero-order valence-electron chi connectivity index (χ0n) is 18.9. The van der Waals surface area contributed by atoms with E-state index in [1.807, 2.05) is 22.9 Å². The first-order valence-electron chi connectivity index (χ1n) is 10.8. The third-order valence-electron chi connectivity index (χ3n) is 5.49. The highest BCUT2D eigenvalue weighted by molar-refractivity contribution is 7.16. The molecule has 10 heteroatoms. The van der Waals surface area contributed by atoms with Gasteiger partial charge in [-0.1, -0.05) is 48.0 Å². The number of ether oxygens (including phenoxy) is 1. The van der Waals surface area contributed by atoms with Gasteiger partial charge in [-0.2, -0.15) is 0 Å². The fourth-order valence-electron chi connectivity index (χ4n) is 3.84. The molecule has 0 aliphatic carbocycles. The minimum atomic E-state index is -0.793. The molecule has 0 spiro atoms. The maximum atomic E-state index is 13.2. The number of esters is 1. The van der Waals surface area contributed by atoms with Gasteiger partial charge in [-0.05, 0) is 40.6 Å². The van der Waals surface area contributed by atoms with Gasteiger partial charge in [-0.3, -0.25) is 14.9 Å². The molecule has 7 nitrogen and oxygen atoms in total. The lowest BCUT2D eigenvalue weighted by Gasteiger charge is -2.16. The first kappa shape index (κ1) is 23.9. The van der Waals surface area contributed by atoms with Crippen LogP contribution in [0.2, 0.25) is 5.02 Å². The van der Waals surface area contributed by atoms with Gasteiger partial charge < -0.3 is 9.30 Å². The van der Waals surface area contributed by atoms with Gasteiger partial charge in [-0.25, -0.2) is 9.78 Å². The van der Waals surface area contributed by atoms with Gasteiger partial charge in [-0.15, -0.1) is 22.7 Å². The summed E-state index contributed by atoms with van der Waals surface area (Å²) in [4.78, 5) is 44.1. The van der Waals surface area contributed by atoms with Crippen LogP contribution in [0, 0.1) is 0 Å². The zero-order chi connectivity index (χ0) is 25.2. The quantitative estimate of drug-likeness (QED) is 0.276. The molecule has 0 fully saturated rings. The zero-order valence-corrected chi connectivity index (χ0v) is 21.2. The lowest BCUT2D eigenvalue weighted by molar-refractivity contribution is -0.119. The third kappa shape index (κ3) is 4.68. The Morgan fingerprint density at radius 2 is 1.78 bits per heavy atom. The number of hydrogen-bond acceptors (Lipinski definition) is 7. The number of nitrogens with one attached hydrogen (secondary N) is 1. The number of nitrogens with zero attached hydrogens (tertiary/aromatic N) is 2. The van der Waals surface area contributed by atoms with Gasteiger partial charge in [0.2, 0.25) is 0 Å². The van der Waals surface area contributed by atoms with Crippen LogP contribution in [-0.2, 0) is 16.6 Å². The van der Waals surface area contributed by atoms with Crippen LogP contribution in [0.15, 0.2) is 76.2 Å². The highest BCUT2D eigenvalue weighted by Crippen LogP contribution is 2.32. The van der Waals surface area contributed by atoms with Crippen LogP contribution in [0.25, 0.3) is 32.5 Å². The standard InChI is InChI=1S/C26H18ClN3O4S2/c1-30-23(22(15-8-10-16(27)11-9-15)17-5-2-3-6-18(17)24(30)32)25(33)34-13-21(31)29-26-28-19(14-36-26)20-7-4-12-35-20/h2-12,14H,13H2,1H3,(H,28,29,31). The minimum absolute atomic E-state index is 0.0445. The molecule has 0 radical (unpaired) electrons. The molecule has 0 bridgehead atoms. The van der Waals surface area contributed by atoms with E-state index in [-0.39, 0.29) is 11.3 Å². The minimum Gasteiger partial charge on any atom is -0.451 e. The predicted molar refractivity (Wildman–Crippen MR) is 144 cm³/mol. The Hall–Kier alpha value is -3.79. The first-order chi connectivity index (χ1) is 17.4. The van der Waals surface area contributed by atoms with Gasteiger partial charge >= 0.3 is 5.97 Å². The van der Waals surface area contributed by atoms with Gasteiger partial charge in [0.05, 0.1) is 10.6 Å². The van der Waals surface area contributed by atoms with Crippen molar-refractivity contribution < 1.29 is 14.3 Å². The summed E-state index contributed by atoms with van der Waals surface area (Å²) >= 11 is 8.89. The van der Waals surface area contributed by atoms with E-state index in [0.717, 1.165) is 10.6 Å². The number of benzene rings is 2. The van der Waals surface area contributed by atoms with E-state index in [1.165, 1.54) is 23.0 Å². The maximum absolute atomic E-state index is 13.2. The average Bonchev–Trinajstić information content (AvgIpc) is 3.58. The van der Waals surface area contributed by atoms with E-state index in [9.17, 15) is 14.4 Å². The Labute approximate surface area is 218 Å². The number of carbonyl (C=O) groups excluding carboxylic acids is 2. The number of fused-ring (bicyclic) bond motifs is 1. The van der Waals surface area contributed by atoms with Crippen molar-refractivity contribution in [2.75, 3.05) is 11.9 Å². The van der Waals surface area contributed by atoms with E-state index in [1.54, 1.807) is 59.9 Å². The van der Waals surface area contributed by atoms with E-state index >= 15 is 0 Å². The summed E-state index contributed by atoms with van der Waals surface area (Å²) in [5.41, 5.74) is 1.68. The van der Waals surface area contributed by atoms with Crippen molar-refractivity contribution >= 4 is 62.1 Å². The molecular formula is C26H18ClN3O4S2. The molecule has 0 atom stereocenters. The highest BCUT2D eigenvalue weighted by atomic mass is 35.5. The van der Waals surface area contributed by atoms with Crippen LogP contribution in [0.4, 0.5) is 5.13 Å². The summed E-state index contributed by atoms with van der Waals surface area (Å²) in [5, 5.41) is 8.45. The van der Waals surface area contributed by atoms with Crippen LogP contribution < -0.4 is 10.9 Å². The van der Waals surface area contributed by atoms with Crippen molar-refractivity contribution in [3.8, 4) is 21.7 Å². The van der Waals surface area contributed by atoms with E-state index in [4.69, 9.17) is 16.3 Å². The summed E-state index contributed by atoms with van der Waals surface area (Å²) in [6, 6.07) is 17.9. The molecule has 0 saturated carbocycles. The second kappa shape index (κ2) is 10.1. The van der Waals surface area contributed by atoms with Crippen LogP contribution in [0.3, 0.4) is 0 Å². The Kier molecular flexibility index (Phi) is 6.69.